The maximum Gasteiger partial charge on any atom is 0.245 e. The Morgan fingerprint density at radius 3 is 2.69 bits per heavy atom. The smallest absolute Gasteiger partial charge is 0.245 e. The lowest BCUT2D eigenvalue weighted by Crippen LogP contribution is -2.46. The predicted molar refractivity (Wildman–Crippen MR) is 101 cm³/mol. The van der Waals surface area contributed by atoms with E-state index >= 15 is 0 Å². The molecule has 1 fully saturated rings. The number of unbranched alkanes of at least 4 members (excludes halogenated alkanes) is 1. The molecule has 2 heterocycles. The van der Waals surface area contributed by atoms with Gasteiger partial charge in [-0.15, -0.1) is 0 Å². The van der Waals surface area contributed by atoms with Gasteiger partial charge in [0, 0.05) is 37.1 Å². The predicted octanol–water partition coefficient (Wildman–Crippen LogP) is 2.69. The van der Waals surface area contributed by atoms with Crippen molar-refractivity contribution in [3.8, 4) is 0 Å². The normalized spacial score (nSPS) is 16.7. The topological polar surface area (TPSA) is 79.4 Å². The molecule has 3 rings (SSSR count). The van der Waals surface area contributed by atoms with Crippen molar-refractivity contribution in [3.05, 3.63) is 36.5 Å². The number of benzene rings is 1. The number of hydrogen-bond donors (Lipinski definition) is 1. The lowest BCUT2D eigenvalue weighted by atomic mass is 10.1. The molecule has 1 amide bonds. The molecule has 1 saturated heterocycles. The Morgan fingerprint density at radius 1 is 1.23 bits per heavy atom. The number of piperidine rings is 1. The minimum Gasteiger partial charge on any atom is -0.353 e. The van der Waals surface area contributed by atoms with Crippen LogP contribution in [-0.2, 0) is 14.8 Å². The molecule has 140 valence electrons. The van der Waals surface area contributed by atoms with Gasteiger partial charge in [-0.2, -0.15) is 4.31 Å². The van der Waals surface area contributed by atoms with Crippen LogP contribution >= 0.6 is 0 Å². The molecule has 26 heavy (non-hydrogen) atoms. The van der Waals surface area contributed by atoms with Gasteiger partial charge in [0.2, 0.25) is 15.9 Å². The van der Waals surface area contributed by atoms with E-state index in [4.69, 9.17) is 0 Å². The number of hydrogen-bond acceptors (Lipinski definition) is 4. The lowest BCUT2D eigenvalue weighted by molar-refractivity contribution is -0.122. The standard InChI is InChI=1S/C19H25N3O3S/c1-2-3-9-18(23)21-16-10-13-22(14-11-16)26(24,25)17-8-4-6-15-7-5-12-20-19(15)17/h4-8,12,16H,2-3,9-11,13-14H2,1H3,(H,21,23). The summed E-state index contributed by atoms with van der Waals surface area (Å²) in [6.07, 6.45) is 5.29. The van der Waals surface area contributed by atoms with Crippen LogP contribution in [0.25, 0.3) is 10.9 Å². The number of aromatic nitrogens is 1. The van der Waals surface area contributed by atoms with E-state index in [1.54, 1.807) is 24.4 Å². The molecule has 0 atom stereocenters. The molecule has 1 aliphatic heterocycles. The molecule has 1 aliphatic rings. The van der Waals surface area contributed by atoms with E-state index < -0.39 is 10.0 Å². The zero-order chi connectivity index (χ0) is 18.6. The van der Waals surface area contributed by atoms with Gasteiger partial charge in [-0.1, -0.05) is 31.5 Å². The summed E-state index contributed by atoms with van der Waals surface area (Å²) in [5.41, 5.74) is 0.505. The first-order chi connectivity index (χ1) is 12.5. The Bertz CT molecular complexity index is 869. The van der Waals surface area contributed by atoms with Crippen molar-refractivity contribution >= 4 is 26.8 Å². The zero-order valence-electron chi connectivity index (χ0n) is 15.0. The number of rotatable bonds is 6. The third kappa shape index (κ3) is 4.04. The monoisotopic (exact) mass is 375 g/mol. The second-order valence-corrected chi connectivity index (χ2v) is 8.59. The second kappa shape index (κ2) is 8.14. The highest BCUT2D eigenvalue weighted by Gasteiger charge is 2.31. The third-order valence-corrected chi connectivity index (χ3v) is 6.72. The number of amides is 1. The van der Waals surface area contributed by atoms with E-state index in [1.807, 2.05) is 12.1 Å². The summed E-state index contributed by atoms with van der Waals surface area (Å²) in [4.78, 5) is 16.4. The largest absolute Gasteiger partial charge is 0.353 e. The van der Waals surface area contributed by atoms with Crippen molar-refractivity contribution in [2.75, 3.05) is 13.1 Å². The van der Waals surface area contributed by atoms with Crippen LogP contribution in [0.2, 0.25) is 0 Å². The molecule has 1 aromatic carbocycles. The van der Waals surface area contributed by atoms with E-state index in [0.29, 0.717) is 37.9 Å². The number of nitrogens with zero attached hydrogens (tertiary/aromatic N) is 2. The van der Waals surface area contributed by atoms with Crippen molar-refractivity contribution in [1.82, 2.24) is 14.6 Å². The van der Waals surface area contributed by atoms with Gasteiger partial charge >= 0.3 is 0 Å². The molecule has 0 spiro atoms. The van der Waals surface area contributed by atoms with Crippen LogP contribution in [0.4, 0.5) is 0 Å². The van der Waals surface area contributed by atoms with Gasteiger partial charge < -0.3 is 5.32 Å². The summed E-state index contributed by atoms with van der Waals surface area (Å²) in [5, 5.41) is 3.83. The summed E-state index contributed by atoms with van der Waals surface area (Å²) in [6.45, 7) is 2.87. The van der Waals surface area contributed by atoms with Gasteiger partial charge in [0.15, 0.2) is 0 Å². The van der Waals surface area contributed by atoms with Gasteiger partial charge in [-0.25, -0.2) is 8.42 Å². The summed E-state index contributed by atoms with van der Waals surface area (Å²) in [5.74, 6) is 0.0615. The fraction of sp³-hybridized carbons (Fsp3) is 0.474. The zero-order valence-corrected chi connectivity index (χ0v) is 15.8. The highest BCUT2D eigenvalue weighted by Crippen LogP contribution is 2.26. The third-order valence-electron chi connectivity index (χ3n) is 4.79. The van der Waals surface area contributed by atoms with Crippen LogP contribution in [-0.4, -0.2) is 42.7 Å². The van der Waals surface area contributed by atoms with Gasteiger partial charge in [0.25, 0.3) is 0 Å². The second-order valence-electron chi connectivity index (χ2n) is 6.68. The lowest BCUT2D eigenvalue weighted by Gasteiger charge is -2.31. The van der Waals surface area contributed by atoms with E-state index in [2.05, 4.69) is 17.2 Å². The van der Waals surface area contributed by atoms with Crippen molar-refractivity contribution in [3.63, 3.8) is 0 Å². The Balaban J connectivity index is 1.69. The molecule has 1 N–H and O–H groups in total. The minimum absolute atomic E-state index is 0.0523. The molecule has 7 heteroatoms. The molecule has 0 aliphatic carbocycles. The average Bonchev–Trinajstić information content (AvgIpc) is 2.66. The fourth-order valence-electron chi connectivity index (χ4n) is 3.30. The first kappa shape index (κ1) is 18.8. The van der Waals surface area contributed by atoms with E-state index in [1.165, 1.54) is 4.31 Å². The van der Waals surface area contributed by atoms with Gasteiger partial charge in [-0.3, -0.25) is 9.78 Å². The molecule has 0 radical (unpaired) electrons. The summed E-state index contributed by atoms with van der Waals surface area (Å²) in [6, 6.07) is 8.93. The first-order valence-electron chi connectivity index (χ1n) is 9.15. The number of pyridine rings is 1. The van der Waals surface area contributed by atoms with E-state index in [-0.39, 0.29) is 16.8 Å². The fourth-order valence-corrected chi connectivity index (χ4v) is 4.94. The first-order valence-corrected chi connectivity index (χ1v) is 10.6. The summed E-state index contributed by atoms with van der Waals surface area (Å²) in [7, 11) is -3.60. The highest BCUT2D eigenvalue weighted by atomic mass is 32.2. The number of nitrogens with one attached hydrogen (secondary N) is 1. The molecule has 0 bridgehead atoms. The van der Waals surface area contributed by atoms with Crippen LogP contribution in [0.5, 0.6) is 0 Å². The van der Waals surface area contributed by atoms with Crippen molar-refractivity contribution < 1.29 is 13.2 Å². The van der Waals surface area contributed by atoms with Crippen LogP contribution in [0.15, 0.2) is 41.4 Å². The Labute approximate surface area is 154 Å². The van der Waals surface area contributed by atoms with Crippen LogP contribution < -0.4 is 5.32 Å². The molecule has 0 saturated carbocycles. The summed E-state index contributed by atoms with van der Waals surface area (Å²) >= 11 is 0. The number of sulfonamides is 1. The molecular weight excluding hydrogens is 350 g/mol. The number of carbonyl (C=O) groups is 1. The van der Waals surface area contributed by atoms with Crippen LogP contribution in [0.1, 0.15) is 39.0 Å². The van der Waals surface area contributed by atoms with Gasteiger partial charge in [-0.05, 0) is 31.4 Å². The SMILES string of the molecule is CCCCC(=O)NC1CCN(S(=O)(=O)c2cccc3cccnc23)CC1. The van der Waals surface area contributed by atoms with E-state index in [0.717, 1.165) is 18.2 Å². The van der Waals surface area contributed by atoms with Crippen molar-refractivity contribution in [2.24, 2.45) is 0 Å². The Morgan fingerprint density at radius 2 is 1.96 bits per heavy atom. The highest BCUT2D eigenvalue weighted by molar-refractivity contribution is 7.89. The molecule has 6 nitrogen and oxygen atoms in total. The number of fused-ring (bicyclic) bond motifs is 1. The quantitative estimate of drug-likeness (QED) is 0.842. The number of para-hydroxylation sites is 1. The van der Waals surface area contributed by atoms with Crippen molar-refractivity contribution in [2.45, 2.75) is 50.0 Å². The molecular formula is C19H25N3O3S. The van der Waals surface area contributed by atoms with Crippen molar-refractivity contribution in [1.29, 1.82) is 0 Å². The van der Waals surface area contributed by atoms with Gasteiger partial charge in [0.1, 0.15) is 4.90 Å². The number of carbonyl (C=O) groups excluding carboxylic acids is 1. The maximum absolute atomic E-state index is 13.1. The van der Waals surface area contributed by atoms with Crippen LogP contribution in [0, 0.1) is 0 Å². The minimum atomic E-state index is -3.60. The van der Waals surface area contributed by atoms with E-state index in [9.17, 15) is 13.2 Å². The Kier molecular flexibility index (Phi) is 5.88. The van der Waals surface area contributed by atoms with Gasteiger partial charge in [0.05, 0.1) is 5.52 Å². The molecule has 2 aromatic rings. The van der Waals surface area contributed by atoms with Crippen LogP contribution in [0.3, 0.4) is 0 Å². The molecule has 0 unspecified atom stereocenters. The summed E-state index contributed by atoms with van der Waals surface area (Å²) < 4.78 is 27.6. The maximum atomic E-state index is 13.1. The Hall–Kier alpha value is -1.99. The molecule has 1 aromatic heterocycles. The average molecular weight is 375 g/mol.